The third-order valence-corrected chi connectivity index (χ3v) is 2.77. The first-order valence-corrected chi connectivity index (χ1v) is 5.50. The lowest BCUT2D eigenvalue weighted by Crippen LogP contribution is -2.26. The van der Waals surface area contributed by atoms with E-state index in [2.05, 4.69) is 23.2 Å². The number of hydrogen-bond donors (Lipinski definition) is 3. The first kappa shape index (κ1) is 11.0. The first-order valence-electron chi connectivity index (χ1n) is 5.50. The zero-order valence-corrected chi connectivity index (χ0v) is 9.07. The maximum Gasteiger partial charge on any atom is 0.304 e. The highest BCUT2D eigenvalue weighted by Gasteiger charge is 2.13. The van der Waals surface area contributed by atoms with Gasteiger partial charge in [-0.05, 0) is 30.5 Å². The number of nitrogens with one attached hydrogen (secondary N) is 1. The zero-order valence-electron chi connectivity index (χ0n) is 9.07. The fraction of sp³-hybridized carbons (Fsp3) is 0.417. The molecule has 4 N–H and O–H groups in total. The minimum absolute atomic E-state index is 0.0134. The molecule has 0 aromatic carbocycles. The zero-order chi connectivity index (χ0) is 11.5. The Morgan fingerprint density at radius 1 is 1.62 bits per heavy atom. The SMILES string of the molecule is N[C@H](CC(=O)O)Cc1cc2c([nH]1)C=CCC2. The van der Waals surface area contributed by atoms with Crippen molar-refractivity contribution >= 4 is 12.0 Å². The summed E-state index contributed by atoms with van der Waals surface area (Å²) >= 11 is 0. The normalized spacial score (nSPS) is 15.8. The molecule has 0 amide bonds. The van der Waals surface area contributed by atoms with E-state index < -0.39 is 5.97 Å². The Labute approximate surface area is 94.2 Å². The average molecular weight is 220 g/mol. The number of aromatic nitrogens is 1. The number of rotatable bonds is 4. The van der Waals surface area contributed by atoms with Crippen LogP contribution in [-0.4, -0.2) is 22.1 Å². The summed E-state index contributed by atoms with van der Waals surface area (Å²) in [5.41, 5.74) is 9.23. The summed E-state index contributed by atoms with van der Waals surface area (Å²) in [5, 5.41) is 8.62. The number of H-pyrrole nitrogens is 1. The molecule has 0 unspecified atom stereocenters. The number of allylic oxidation sites excluding steroid dienone is 1. The summed E-state index contributed by atoms with van der Waals surface area (Å²) in [6.07, 6.45) is 6.94. The largest absolute Gasteiger partial charge is 0.481 e. The molecule has 1 atom stereocenters. The number of carbonyl (C=O) groups is 1. The van der Waals surface area contributed by atoms with Crippen molar-refractivity contribution in [2.75, 3.05) is 0 Å². The van der Waals surface area contributed by atoms with Gasteiger partial charge in [0.25, 0.3) is 0 Å². The van der Waals surface area contributed by atoms with Crippen LogP contribution in [0.25, 0.3) is 6.08 Å². The average Bonchev–Trinajstić information content (AvgIpc) is 2.57. The number of nitrogens with two attached hydrogens (primary N) is 1. The van der Waals surface area contributed by atoms with Crippen LogP contribution in [0.1, 0.15) is 29.8 Å². The van der Waals surface area contributed by atoms with Crippen molar-refractivity contribution < 1.29 is 9.90 Å². The number of carboxylic acid groups (broad SMARTS) is 1. The monoisotopic (exact) mass is 220 g/mol. The second-order valence-electron chi connectivity index (χ2n) is 4.24. The molecular weight excluding hydrogens is 204 g/mol. The predicted octanol–water partition coefficient (Wildman–Crippen LogP) is 1.32. The second kappa shape index (κ2) is 4.53. The van der Waals surface area contributed by atoms with Crippen LogP contribution in [0.5, 0.6) is 0 Å². The highest BCUT2D eigenvalue weighted by Crippen LogP contribution is 2.20. The van der Waals surface area contributed by atoms with Gasteiger partial charge in [-0.25, -0.2) is 0 Å². The molecule has 0 saturated carbocycles. The fourth-order valence-electron chi connectivity index (χ4n) is 2.06. The predicted molar refractivity (Wildman–Crippen MR) is 62.1 cm³/mol. The molecule has 0 bridgehead atoms. The standard InChI is InChI=1S/C12H16N2O2/c13-9(7-12(15)16)6-10-5-8-3-1-2-4-11(8)14-10/h2,4-5,9,14H,1,3,6-7,13H2,(H,15,16)/t9-/m0/s1. The van der Waals surface area contributed by atoms with E-state index in [1.807, 2.05) is 0 Å². The summed E-state index contributed by atoms with van der Waals surface area (Å²) in [5.74, 6) is -0.844. The molecule has 4 heteroatoms. The molecule has 0 saturated heterocycles. The van der Waals surface area contributed by atoms with Crippen LogP contribution in [0.4, 0.5) is 0 Å². The molecule has 0 fully saturated rings. The van der Waals surface area contributed by atoms with Gasteiger partial charge in [0, 0.05) is 23.9 Å². The van der Waals surface area contributed by atoms with Gasteiger partial charge < -0.3 is 15.8 Å². The molecule has 86 valence electrons. The van der Waals surface area contributed by atoms with Gasteiger partial charge in [-0.1, -0.05) is 6.08 Å². The van der Waals surface area contributed by atoms with Crippen LogP contribution in [0.2, 0.25) is 0 Å². The van der Waals surface area contributed by atoms with Gasteiger partial charge in [0.15, 0.2) is 0 Å². The number of fused-ring (bicyclic) bond motifs is 1. The van der Waals surface area contributed by atoms with Crippen molar-refractivity contribution in [3.8, 4) is 0 Å². The Morgan fingerprint density at radius 3 is 3.12 bits per heavy atom. The van der Waals surface area contributed by atoms with Crippen molar-refractivity contribution in [3.63, 3.8) is 0 Å². The van der Waals surface area contributed by atoms with Gasteiger partial charge in [-0.3, -0.25) is 4.79 Å². The third kappa shape index (κ3) is 2.52. The van der Waals surface area contributed by atoms with Crippen molar-refractivity contribution in [1.29, 1.82) is 0 Å². The first-order chi connectivity index (χ1) is 7.65. The Hall–Kier alpha value is -1.55. The van der Waals surface area contributed by atoms with Gasteiger partial charge in [0.1, 0.15) is 0 Å². The molecule has 0 radical (unpaired) electrons. The molecule has 0 aliphatic heterocycles. The van der Waals surface area contributed by atoms with E-state index in [-0.39, 0.29) is 12.5 Å². The number of hydrogen-bond acceptors (Lipinski definition) is 2. The highest BCUT2D eigenvalue weighted by atomic mass is 16.4. The second-order valence-corrected chi connectivity index (χ2v) is 4.24. The maximum absolute atomic E-state index is 10.5. The van der Waals surface area contributed by atoms with E-state index in [0.29, 0.717) is 6.42 Å². The number of carboxylic acids is 1. The van der Waals surface area contributed by atoms with E-state index in [9.17, 15) is 4.79 Å². The molecule has 2 rings (SSSR count). The minimum Gasteiger partial charge on any atom is -0.481 e. The summed E-state index contributed by atoms with van der Waals surface area (Å²) in [6.45, 7) is 0. The van der Waals surface area contributed by atoms with Crippen molar-refractivity contribution in [1.82, 2.24) is 4.98 Å². The minimum atomic E-state index is -0.844. The van der Waals surface area contributed by atoms with Gasteiger partial charge in [0.05, 0.1) is 6.42 Å². The molecular formula is C12H16N2O2. The fourth-order valence-corrected chi connectivity index (χ4v) is 2.06. The van der Waals surface area contributed by atoms with Gasteiger partial charge in [-0.15, -0.1) is 0 Å². The topological polar surface area (TPSA) is 79.1 Å². The number of aryl methyl sites for hydroxylation is 1. The summed E-state index contributed by atoms with van der Waals surface area (Å²) in [4.78, 5) is 13.8. The van der Waals surface area contributed by atoms with Crippen LogP contribution < -0.4 is 5.73 Å². The van der Waals surface area contributed by atoms with Gasteiger partial charge >= 0.3 is 5.97 Å². The smallest absolute Gasteiger partial charge is 0.304 e. The summed E-state index contributed by atoms with van der Waals surface area (Å²) < 4.78 is 0. The van der Waals surface area contributed by atoms with E-state index in [1.54, 1.807) is 0 Å². The van der Waals surface area contributed by atoms with E-state index >= 15 is 0 Å². The molecule has 1 heterocycles. The molecule has 1 aliphatic carbocycles. The summed E-state index contributed by atoms with van der Waals surface area (Å²) in [7, 11) is 0. The summed E-state index contributed by atoms with van der Waals surface area (Å²) in [6, 6.07) is 1.78. The van der Waals surface area contributed by atoms with Gasteiger partial charge in [-0.2, -0.15) is 0 Å². The molecule has 1 aromatic rings. The van der Waals surface area contributed by atoms with Gasteiger partial charge in [0.2, 0.25) is 0 Å². The van der Waals surface area contributed by atoms with Crippen molar-refractivity contribution in [2.24, 2.45) is 5.73 Å². The Kier molecular flexibility index (Phi) is 3.10. The molecule has 4 nitrogen and oxygen atoms in total. The van der Waals surface area contributed by atoms with Crippen LogP contribution in [0.15, 0.2) is 12.1 Å². The number of aliphatic carboxylic acids is 1. The highest BCUT2D eigenvalue weighted by molar-refractivity contribution is 5.67. The number of aromatic amines is 1. The Morgan fingerprint density at radius 2 is 2.44 bits per heavy atom. The van der Waals surface area contributed by atoms with Crippen molar-refractivity contribution in [3.05, 3.63) is 29.1 Å². The van der Waals surface area contributed by atoms with E-state index in [0.717, 1.165) is 24.2 Å². The molecule has 1 aromatic heterocycles. The van der Waals surface area contributed by atoms with Crippen LogP contribution >= 0.6 is 0 Å². The lowest BCUT2D eigenvalue weighted by Gasteiger charge is -2.06. The van der Waals surface area contributed by atoms with Crippen LogP contribution in [0.3, 0.4) is 0 Å². The lowest BCUT2D eigenvalue weighted by molar-refractivity contribution is -0.137. The van der Waals surface area contributed by atoms with Crippen molar-refractivity contribution in [2.45, 2.75) is 31.7 Å². The Bertz CT molecular complexity index is 421. The molecule has 0 spiro atoms. The Balaban J connectivity index is 2.02. The van der Waals surface area contributed by atoms with E-state index in [1.165, 1.54) is 5.56 Å². The van der Waals surface area contributed by atoms with Crippen LogP contribution in [-0.2, 0) is 17.6 Å². The molecule has 16 heavy (non-hydrogen) atoms. The lowest BCUT2D eigenvalue weighted by atomic mass is 10.0. The molecule has 1 aliphatic rings. The van der Waals surface area contributed by atoms with Crippen LogP contribution in [0, 0.1) is 0 Å². The van der Waals surface area contributed by atoms with E-state index in [4.69, 9.17) is 10.8 Å². The quantitative estimate of drug-likeness (QED) is 0.716. The third-order valence-electron chi connectivity index (χ3n) is 2.77. The maximum atomic E-state index is 10.5.